The van der Waals surface area contributed by atoms with Crippen molar-refractivity contribution in [3.8, 4) is 22.1 Å². The fourth-order valence-electron chi connectivity index (χ4n) is 1.98. The van der Waals surface area contributed by atoms with E-state index < -0.39 is 0 Å². The third kappa shape index (κ3) is 2.67. The van der Waals surface area contributed by atoms with Gasteiger partial charge in [-0.1, -0.05) is 6.07 Å². The van der Waals surface area contributed by atoms with E-state index in [0.29, 0.717) is 23.0 Å². The van der Waals surface area contributed by atoms with E-state index in [9.17, 15) is 4.79 Å². The summed E-state index contributed by atoms with van der Waals surface area (Å²) in [6.45, 7) is 5.86. The van der Waals surface area contributed by atoms with Gasteiger partial charge in [-0.15, -0.1) is 11.3 Å². The molecule has 0 N–H and O–H groups in total. The fraction of sp³-hybridized carbons (Fsp3) is 0.333. The Hall–Kier alpha value is -1.88. The Labute approximate surface area is 122 Å². The molecule has 2 aromatic rings. The first-order valence-electron chi connectivity index (χ1n) is 6.37. The predicted molar refractivity (Wildman–Crippen MR) is 80.0 cm³/mol. The molecule has 0 unspecified atom stereocenters. The Balaban J connectivity index is 2.57. The van der Waals surface area contributed by atoms with Gasteiger partial charge in [0.05, 0.1) is 29.9 Å². The quantitative estimate of drug-likeness (QED) is 0.788. The van der Waals surface area contributed by atoms with Crippen molar-refractivity contribution in [1.29, 1.82) is 0 Å². The number of thiazole rings is 1. The number of carbonyl (C=O) groups is 1. The van der Waals surface area contributed by atoms with Gasteiger partial charge < -0.3 is 9.47 Å². The maximum atomic E-state index is 11.6. The summed E-state index contributed by atoms with van der Waals surface area (Å²) in [6.07, 6.45) is 0. The van der Waals surface area contributed by atoms with Gasteiger partial charge in [0, 0.05) is 6.92 Å². The van der Waals surface area contributed by atoms with Crippen LogP contribution in [0.15, 0.2) is 18.2 Å². The van der Waals surface area contributed by atoms with E-state index in [1.54, 1.807) is 14.0 Å². The second-order valence-electron chi connectivity index (χ2n) is 4.26. The summed E-state index contributed by atoms with van der Waals surface area (Å²) in [5, 5.41) is 0.773. The topological polar surface area (TPSA) is 48.4 Å². The van der Waals surface area contributed by atoms with Crippen LogP contribution in [0.4, 0.5) is 0 Å². The van der Waals surface area contributed by atoms with Crippen LogP contribution in [0.1, 0.15) is 29.2 Å². The number of methoxy groups -OCH3 is 1. The van der Waals surface area contributed by atoms with E-state index in [2.05, 4.69) is 4.98 Å². The van der Waals surface area contributed by atoms with Gasteiger partial charge >= 0.3 is 0 Å². The zero-order chi connectivity index (χ0) is 14.7. The van der Waals surface area contributed by atoms with Crippen LogP contribution in [0.25, 0.3) is 10.6 Å². The highest BCUT2D eigenvalue weighted by molar-refractivity contribution is 7.17. The first-order valence-corrected chi connectivity index (χ1v) is 7.18. The number of hydrogen-bond donors (Lipinski definition) is 0. The molecule has 20 heavy (non-hydrogen) atoms. The molecule has 0 amide bonds. The number of hydrogen-bond acceptors (Lipinski definition) is 5. The molecule has 2 rings (SSSR count). The average molecular weight is 291 g/mol. The van der Waals surface area contributed by atoms with Crippen LogP contribution in [0.2, 0.25) is 0 Å². The number of para-hydroxylation sites is 1. The minimum atomic E-state index is 0.0344. The first kappa shape index (κ1) is 14.5. The summed E-state index contributed by atoms with van der Waals surface area (Å²) in [4.78, 5) is 16.7. The van der Waals surface area contributed by atoms with E-state index >= 15 is 0 Å². The third-order valence-corrected chi connectivity index (χ3v) is 4.13. The van der Waals surface area contributed by atoms with Gasteiger partial charge in [0.1, 0.15) is 5.01 Å². The summed E-state index contributed by atoms with van der Waals surface area (Å²) in [7, 11) is 1.61. The molecule has 0 aliphatic rings. The summed E-state index contributed by atoms with van der Waals surface area (Å²) in [6, 6.07) is 5.66. The third-order valence-electron chi connectivity index (χ3n) is 2.83. The van der Waals surface area contributed by atoms with E-state index in [0.717, 1.165) is 16.3 Å². The highest BCUT2D eigenvalue weighted by atomic mass is 32.1. The average Bonchev–Trinajstić information content (AvgIpc) is 2.81. The molecular formula is C15H17NO3S. The lowest BCUT2D eigenvalue weighted by atomic mass is 10.2. The van der Waals surface area contributed by atoms with Gasteiger partial charge in [0.2, 0.25) is 0 Å². The zero-order valence-electron chi connectivity index (χ0n) is 12.0. The highest BCUT2D eigenvalue weighted by Crippen LogP contribution is 2.40. The van der Waals surface area contributed by atoms with Gasteiger partial charge in [-0.25, -0.2) is 4.98 Å². The van der Waals surface area contributed by atoms with Crippen molar-refractivity contribution in [2.45, 2.75) is 20.8 Å². The number of ether oxygens (including phenoxy) is 2. The SMILES string of the molecule is CCOc1c(OC)cccc1-c1nc(C)c(C(C)=O)s1. The van der Waals surface area contributed by atoms with Gasteiger partial charge in [-0.3, -0.25) is 4.79 Å². The molecule has 0 aliphatic carbocycles. The maximum Gasteiger partial charge on any atom is 0.171 e. The number of ketones is 1. The largest absolute Gasteiger partial charge is 0.493 e. The number of benzene rings is 1. The fourth-order valence-corrected chi connectivity index (χ4v) is 2.96. The number of nitrogens with zero attached hydrogens (tertiary/aromatic N) is 1. The van der Waals surface area contributed by atoms with Crippen LogP contribution >= 0.6 is 11.3 Å². The minimum Gasteiger partial charge on any atom is -0.493 e. The van der Waals surface area contributed by atoms with Gasteiger partial charge in [0.15, 0.2) is 17.3 Å². The Morgan fingerprint density at radius 3 is 2.70 bits per heavy atom. The van der Waals surface area contributed by atoms with Crippen molar-refractivity contribution in [2.24, 2.45) is 0 Å². The molecule has 0 fully saturated rings. The van der Waals surface area contributed by atoms with Crippen molar-refractivity contribution in [3.05, 3.63) is 28.8 Å². The van der Waals surface area contributed by atoms with Gasteiger partial charge in [-0.2, -0.15) is 0 Å². The molecule has 0 spiro atoms. The number of carbonyl (C=O) groups excluding carboxylic acids is 1. The molecule has 0 saturated carbocycles. The molecule has 0 atom stereocenters. The molecule has 0 aliphatic heterocycles. The smallest absolute Gasteiger partial charge is 0.171 e. The van der Waals surface area contributed by atoms with Crippen LogP contribution < -0.4 is 9.47 Å². The first-order chi connectivity index (χ1) is 9.58. The van der Waals surface area contributed by atoms with Crippen molar-refractivity contribution >= 4 is 17.1 Å². The predicted octanol–water partition coefficient (Wildman–Crippen LogP) is 3.73. The van der Waals surface area contributed by atoms with E-state index in [1.165, 1.54) is 11.3 Å². The molecule has 1 aromatic heterocycles. The molecule has 1 heterocycles. The minimum absolute atomic E-state index is 0.0344. The van der Waals surface area contributed by atoms with Crippen LogP contribution in [0, 0.1) is 6.92 Å². The standard InChI is InChI=1S/C15H17NO3S/c1-5-19-13-11(7-6-8-12(13)18-4)15-16-9(2)14(20-15)10(3)17/h6-8H,5H2,1-4H3. The Morgan fingerprint density at radius 2 is 2.15 bits per heavy atom. The summed E-state index contributed by atoms with van der Waals surface area (Å²) < 4.78 is 11.0. The molecule has 106 valence electrons. The summed E-state index contributed by atoms with van der Waals surface area (Å²) >= 11 is 1.38. The van der Waals surface area contributed by atoms with Crippen LogP contribution in [0.5, 0.6) is 11.5 Å². The lowest BCUT2D eigenvalue weighted by Gasteiger charge is -2.12. The van der Waals surface area contributed by atoms with Crippen LogP contribution in [-0.4, -0.2) is 24.5 Å². The number of rotatable bonds is 5. The van der Waals surface area contributed by atoms with Crippen molar-refractivity contribution in [2.75, 3.05) is 13.7 Å². The second-order valence-corrected chi connectivity index (χ2v) is 5.26. The normalized spacial score (nSPS) is 10.4. The number of aryl methyl sites for hydroxylation is 1. The maximum absolute atomic E-state index is 11.6. The number of aromatic nitrogens is 1. The Bertz CT molecular complexity index is 634. The van der Waals surface area contributed by atoms with Crippen LogP contribution in [-0.2, 0) is 0 Å². The monoisotopic (exact) mass is 291 g/mol. The lowest BCUT2D eigenvalue weighted by Crippen LogP contribution is -1.97. The lowest BCUT2D eigenvalue weighted by molar-refractivity contribution is 0.102. The molecular weight excluding hydrogens is 274 g/mol. The van der Waals surface area contributed by atoms with Crippen molar-refractivity contribution in [1.82, 2.24) is 4.98 Å². The van der Waals surface area contributed by atoms with Crippen molar-refractivity contribution in [3.63, 3.8) is 0 Å². The van der Waals surface area contributed by atoms with E-state index in [-0.39, 0.29) is 5.78 Å². The van der Waals surface area contributed by atoms with Gasteiger partial charge in [0.25, 0.3) is 0 Å². The van der Waals surface area contributed by atoms with Crippen LogP contribution in [0.3, 0.4) is 0 Å². The van der Waals surface area contributed by atoms with Crippen molar-refractivity contribution < 1.29 is 14.3 Å². The van der Waals surface area contributed by atoms with E-state index in [1.807, 2.05) is 32.0 Å². The summed E-state index contributed by atoms with van der Waals surface area (Å²) in [5.74, 6) is 1.37. The second kappa shape index (κ2) is 6.05. The number of Topliss-reactive ketones (excluding diaryl/α,β-unsaturated/α-hetero) is 1. The van der Waals surface area contributed by atoms with Gasteiger partial charge in [-0.05, 0) is 26.0 Å². The highest BCUT2D eigenvalue weighted by Gasteiger charge is 2.18. The molecule has 0 radical (unpaired) electrons. The Morgan fingerprint density at radius 1 is 1.40 bits per heavy atom. The Kier molecular flexibility index (Phi) is 4.39. The molecule has 0 saturated heterocycles. The molecule has 0 bridgehead atoms. The zero-order valence-corrected chi connectivity index (χ0v) is 12.8. The molecule has 4 nitrogen and oxygen atoms in total. The van der Waals surface area contributed by atoms with E-state index in [4.69, 9.17) is 9.47 Å². The molecule has 1 aromatic carbocycles. The molecule has 5 heteroatoms. The summed E-state index contributed by atoms with van der Waals surface area (Å²) in [5.41, 5.74) is 1.61.